The number of rotatable bonds is 4. The molecule has 2 rings (SSSR count). The van der Waals surface area contributed by atoms with Gasteiger partial charge in [0.2, 0.25) is 5.91 Å². The van der Waals surface area contributed by atoms with Crippen LogP contribution in [0.5, 0.6) is 0 Å². The third-order valence-corrected chi connectivity index (χ3v) is 3.21. The standard InChI is InChI=1S/C10H17N5O/c1-7(8-14-12-6-15(8)2)13-9(16)10(5-11)3-4-10/h6-7H,3-5,11H2,1-2H3,(H,13,16). The predicted octanol–water partition coefficient (Wildman–Crippen LogP) is -0.269. The molecule has 1 atom stereocenters. The maximum absolute atomic E-state index is 11.9. The van der Waals surface area contributed by atoms with Crippen molar-refractivity contribution in [1.29, 1.82) is 0 Å². The van der Waals surface area contributed by atoms with E-state index in [0.717, 1.165) is 18.7 Å². The maximum Gasteiger partial charge on any atom is 0.228 e. The van der Waals surface area contributed by atoms with Crippen molar-refractivity contribution in [2.24, 2.45) is 18.2 Å². The van der Waals surface area contributed by atoms with E-state index in [1.165, 1.54) is 0 Å². The van der Waals surface area contributed by atoms with Gasteiger partial charge in [-0.15, -0.1) is 10.2 Å². The van der Waals surface area contributed by atoms with Gasteiger partial charge >= 0.3 is 0 Å². The Morgan fingerprint density at radius 1 is 1.75 bits per heavy atom. The molecule has 16 heavy (non-hydrogen) atoms. The lowest BCUT2D eigenvalue weighted by Crippen LogP contribution is -2.38. The molecule has 0 bridgehead atoms. The molecule has 88 valence electrons. The summed E-state index contributed by atoms with van der Waals surface area (Å²) in [6.45, 7) is 2.32. The number of nitrogens with two attached hydrogens (primary N) is 1. The fraction of sp³-hybridized carbons (Fsp3) is 0.700. The van der Waals surface area contributed by atoms with Crippen LogP contribution in [0.2, 0.25) is 0 Å². The van der Waals surface area contributed by atoms with E-state index in [0.29, 0.717) is 6.54 Å². The molecule has 1 heterocycles. The van der Waals surface area contributed by atoms with Gasteiger partial charge < -0.3 is 15.6 Å². The highest BCUT2D eigenvalue weighted by Gasteiger charge is 2.48. The minimum atomic E-state index is -0.313. The molecule has 0 aliphatic heterocycles. The topological polar surface area (TPSA) is 85.8 Å². The summed E-state index contributed by atoms with van der Waals surface area (Å²) in [4.78, 5) is 11.9. The zero-order chi connectivity index (χ0) is 11.8. The fourth-order valence-corrected chi connectivity index (χ4v) is 1.77. The molecule has 0 saturated heterocycles. The van der Waals surface area contributed by atoms with Gasteiger partial charge in [0, 0.05) is 13.6 Å². The Labute approximate surface area is 94.2 Å². The van der Waals surface area contributed by atoms with Crippen molar-refractivity contribution in [3.63, 3.8) is 0 Å². The third kappa shape index (κ3) is 1.80. The summed E-state index contributed by atoms with van der Waals surface area (Å²) >= 11 is 0. The normalized spacial score (nSPS) is 19.2. The van der Waals surface area contributed by atoms with Crippen molar-refractivity contribution < 1.29 is 4.79 Å². The van der Waals surface area contributed by atoms with Gasteiger partial charge in [0.05, 0.1) is 11.5 Å². The van der Waals surface area contributed by atoms with Gasteiger partial charge in [-0.25, -0.2) is 0 Å². The first kappa shape index (κ1) is 11.1. The molecule has 6 nitrogen and oxygen atoms in total. The van der Waals surface area contributed by atoms with Crippen LogP contribution in [-0.4, -0.2) is 27.2 Å². The van der Waals surface area contributed by atoms with Gasteiger partial charge in [-0.2, -0.15) is 0 Å². The van der Waals surface area contributed by atoms with Gasteiger partial charge in [-0.1, -0.05) is 0 Å². The Bertz CT molecular complexity index is 396. The third-order valence-electron chi connectivity index (χ3n) is 3.21. The first-order valence-corrected chi connectivity index (χ1v) is 5.44. The Hall–Kier alpha value is -1.43. The van der Waals surface area contributed by atoms with Gasteiger partial charge in [-0.3, -0.25) is 4.79 Å². The first-order valence-electron chi connectivity index (χ1n) is 5.44. The summed E-state index contributed by atoms with van der Waals surface area (Å²) in [6.07, 6.45) is 3.40. The summed E-state index contributed by atoms with van der Waals surface area (Å²) in [7, 11) is 1.85. The number of hydrogen-bond donors (Lipinski definition) is 2. The Morgan fingerprint density at radius 3 is 2.88 bits per heavy atom. The van der Waals surface area contributed by atoms with Crippen molar-refractivity contribution >= 4 is 5.91 Å². The molecule has 1 aromatic heterocycles. The molecular formula is C10H17N5O. The van der Waals surface area contributed by atoms with Crippen molar-refractivity contribution in [3.8, 4) is 0 Å². The van der Waals surface area contributed by atoms with Crippen LogP contribution in [0.25, 0.3) is 0 Å². The fourth-order valence-electron chi connectivity index (χ4n) is 1.77. The largest absolute Gasteiger partial charge is 0.346 e. The van der Waals surface area contributed by atoms with Crippen LogP contribution in [-0.2, 0) is 11.8 Å². The summed E-state index contributed by atoms with van der Waals surface area (Å²) in [6, 6.07) is -0.135. The van der Waals surface area contributed by atoms with Crippen LogP contribution in [0.15, 0.2) is 6.33 Å². The zero-order valence-electron chi connectivity index (χ0n) is 9.60. The van der Waals surface area contributed by atoms with Gasteiger partial charge in [0.25, 0.3) is 0 Å². The number of nitrogens with zero attached hydrogens (tertiary/aromatic N) is 3. The predicted molar refractivity (Wildman–Crippen MR) is 58.3 cm³/mol. The van der Waals surface area contributed by atoms with Crippen molar-refractivity contribution in [3.05, 3.63) is 12.2 Å². The molecule has 1 amide bonds. The Balaban J connectivity index is 2.00. The van der Waals surface area contributed by atoms with Crippen LogP contribution in [0.3, 0.4) is 0 Å². The van der Waals surface area contributed by atoms with E-state index in [1.807, 2.05) is 14.0 Å². The van der Waals surface area contributed by atoms with Gasteiger partial charge in [-0.05, 0) is 19.8 Å². The lowest BCUT2D eigenvalue weighted by Gasteiger charge is -2.17. The van der Waals surface area contributed by atoms with Crippen LogP contribution < -0.4 is 11.1 Å². The van der Waals surface area contributed by atoms with E-state index in [9.17, 15) is 4.79 Å². The van der Waals surface area contributed by atoms with Crippen molar-refractivity contribution in [2.75, 3.05) is 6.54 Å². The van der Waals surface area contributed by atoms with E-state index in [1.54, 1.807) is 10.9 Å². The molecular weight excluding hydrogens is 206 g/mol. The second-order valence-electron chi connectivity index (χ2n) is 4.48. The highest BCUT2D eigenvalue weighted by Crippen LogP contribution is 2.44. The van der Waals surface area contributed by atoms with Crippen molar-refractivity contribution in [2.45, 2.75) is 25.8 Å². The minimum Gasteiger partial charge on any atom is -0.346 e. The van der Waals surface area contributed by atoms with Crippen LogP contribution in [0.4, 0.5) is 0 Å². The van der Waals surface area contributed by atoms with E-state index >= 15 is 0 Å². The van der Waals surface area contributed by atoms with E-state index in [-0.39, 0.29) is 17.4 Å². The zero-order valence-corrected chi connectivity index (χ0v) is 9.60. The number of aromatic nitrogens is 3. The van der Waals surface area contributed by atoms with E-state index in [4.69, 9.17) is 5.73 Å². The minimum absolute atomic E-state index is 0.0329. The Morgan fingerprint density at radius 2 is 2.44 bits per heavy atom. The molecule has 1 aromatic rings. The summed E-state index contributed by atoms with van der Waals surface area (Å²) in [5, 5.41) is 10.7. The molecule has 3 N–H and O–H groups in total. The lowest BCUT2D eigenvalue weighted by atomic mass is 10.1. The number of hydrogen-bond acceptors (Lipinski definition) is 4. The quantitative estimate of drug-likeness (QED) is 0.735. The second-order valence-corrected chi connectivity index (χ2v) is 4.48. The molecule has 0 aromatic carbocycles. The van der Waals surface area contributed by atoms with Crippen molar-refractivity contribution in [1.82, 2.24) is 20.1 Å². The summed E-state index contributed by atoms with van der Waals surface area (Å²) < 4.78 is 1.80. The number of amides is 1. The first-order chi connectivity index (χ1) is 7.59. The molecule has 0 radical (unpaired) electrons. The van der Waals surface area contributed by atoms with E-state index < -0.39 is 0 Å². The van der Waals surface area contributed by atoms with Crippen LogP contribution >= 0.6 is 0 Å². The molecule has 0 spiro atoms. The number of nitrogens with one attached hydrogen (secondary N) is 1. The van der Waals surface area contributed by atoms with Crippen LogP contribution in [0, 0.1) is 5.41 Å². The second kappa shape index (κ2) is 3.86. The number of aryl methyl sites for hydroxylation is 1. The maximum atomic E-state index is 11.9. The average molecular weight is 223 g/mol. The molecule has 1 fully saturated rings. The number of carbonyl (C=O) groups excluding carboxylic acids is 1. The smallest absolute Gasteiger partial charge is 0.228 e. The monoisotopic (exact) mass is 223 g/mol. The molecule has 1 aliphatic carbocycles. The van der Waals surface area contributed by atoms with Gasteiger partial charge in [0.1, 0.15) is 6.33 Å². The molecule has 1 saturated carbocycles. The molecule has 1 unspecified atom stereocenters. The summed E-state index contributed by atoms with van der Waals surface area (Å²) in [5.74, 6) is 0.784. The summed E-state index contributed by atoms with van der Waals surface area (Å²) in [5.41, 5.74) is 5.29. The highest BCUT2D eigenvalue weighted by molar-refractivity contribution is 5.85. The average Bonchev–Trinajstić information content (AvgIpc) is 2.95. The lowest BCUT2D eigenvalue weighted by molar-refractivity contribution is -0.126. The SMILES string of the molecule is CC(NC(=O)C1(CN)CC1)c1nncn1C. The van der Waals surface area contributed by atoms with E-state index in [2.05, 4.69) is 15.5 Å². The number of carbonyl (C=O) groups is 1. The molecule has 1 aliphatic rings. The Kier molecular flexibility index (Phi) is 2.67. The van der Waals surface area contributed by atoms with Gasteiger partial charge in [0.15, 0.2) is 5.82 Å². The highest BCUT2D eigenvalue weighted by atomic mass is 16.2. The molecule has 6 heteroatoms. The van der Waals surface area contributed by atoms with Crippen LogP contribution in [0.1, 0.15) is 31.6 Å².